The van der Waals surface area contributed by atoms with Gasteiger partial charge in [0, 0.05) is 26.7 Å². The van der Waals surface area contributed by atoms with Crippen molar-refractivity contribution in [1.82, 2.24) is 20.2 Å². The van der Waals surface area contributed by atoms with Crippen LogP contribution in [-0.2, 0) is 24.2 Å². The minimum atomic E-state index is -0.254. The molecule has 144 valence electrons. The fourth-order valence-corrected chi connectivity index (χ4v) is 3.33. The van der Waals surface area contributed by atoms with Crippen molar-refractivity contribution in [1.29, 1.82) is 0 Å². The Hall–Kier alpha value is -2.67. The molecule has 0 bridgehead atoms. The maximum absolute atomic E-state index is 12.7. The minimum absolute atomic E-state index is 0.254. The van der Waals surface area contributed by atoms with Gasteiger partial charge in [0.15, 0.2) is 5.82 Å². The number of methoxy groups -OCH3 is 1. The fraction of sp³-hybridized carbons (Fsp3) is 0.450. The zero-order valence-corrected chi connectivity index (χ0v) is 15.9. The summed E-state index contributed by atoms with van der Waals surface area (Å²) in [5.41, 5.74) is 3.38. The lowest BCUT2D eigenvalue weighted by Gasteiger charge is -2.17. The Balaban J connectivity index is 1.76. The smallest absolute Gasteiger partial charge is 0.287 e. The number of nitrogens with zero attached hydrogens (tertiary/aromatic N) is 2. The second-order valence-electron chi connectivity index (χ2n) is 6.76. The summed E-state index contributed by atoms with van der Waals surface area (Å²) in [5.74, 6) is -0.194. The van der Waals surface area contributed by atoms with Gasteiger partial charge >= 0.3 is 0 Å². The highest BCUT2D eigenvalue weighted by Gasteiger charge is 2.27. The van der Waals surface area contributed by atoms with Gasteiger partial charge in [0.2, 0.25) is 0 Å². The number of fused-ring (bicyclic) bond motifs is 1. The number of amides is 2. The molecule has 2 N–H and O–H groups in total. The van der Waals surface area contributed by atoms with Crippen LogP contribution in [0.1, 0.15) is 50.8 Å². The number of carbonyl (C=O) groups excluding carboxylic acids is 2. The van der Waals surface area contributed by atoms with E-state index in [-0.39, 0.29) is 11.8 Å². The van der Waals surface area contributed by atoms with Crippen molar-refractivity contribution in [2.24, 2.45) is 0 Å². The Morgan fingerprint density at radius 3 is 2.85 bits per heavy atom. The van der Waals surface area contributed by atoms with Gasteiger partial charge in [-0.15, -0.1) is 0 Å². The summed E-state index contributed by atoms with van der Waals surface area (Å²) in [5, 5.41) is 5.72. The number of benzene rings is 1. The van der Waals surface area contributed by atoms with Gasteiger partial charge in [-0.2, -0.15) is 0 Å². The molecule has 3 rings (SSSR count). The van der Waals surface area contributed by atoms with Crippen molar-refractivity contribution in [2.75, 3.05) is 20.3 Å². The third-order valence-electron chi connectivity index (χ3n) is 4.66. The predicted octanol–water partition coefficient (Wildman–Crippen LogP) is 1.83. The number of carbonyl (C=O) groups is 2. The first-order valence-corrected chi connectivity index (χ1v) is 9.30. The van der Waals surface area contributed by atoms with Crippen molar-refractivity contribution < 1.29 is 14.3 Å². The molecule has 7 nitrogen and oxygen atoms in total. The average Bonchev–Trinajstić information content (AvgIpc) is 3.06. The lowest BCUT2D eigenvalue weighted by atomic mass is 10.1. The Morgan fingerprint density at radius 1 is 1.22 bits per heavy atom. The molecule has 0 unspecified atom stereocenters. The van der Waals surface area contributed by atoms with Crippen molar-refractivity contribution in [2.45, 2.75) is 39.3 Å². The van der Waals surface area contributed by atoms with Gasteiger partial charge in [-0.1, -0.05) is 29.8 Å². The molecule has 2 amide bonds. The quantitative estimate of drug-likeness (QED) is 0.728. The van der Waals surface area contributed by atoms with E-state index in [0.717, 1.165) is 36.1 Å². The van der Waals surface area contributed by atoms with Crippen molar-refractivity contribution in [3.63, 3.8) is 0 Å². The summed E-state index contributed by atoms with van der Waals surface area (Å²) in [7, 11) is 1.58. The lowest BCUT2D eigenvalue weighted by molar-refractivity contribution is 0.0931. The van der Waals surface area contributed by atoms with E-state index < -0.39 is 0 Å². The van der Waals surface area contributed by atoms with E-state index in [2.05, 4.69) is 15.6 Å². The van der Waals surface area contributed by atoms with Crippen LogP contribution in [-0.4, -0.2) is 41.6 Å². The van der Waals surface area contributed by atoms with Crippen LogP contribution in [0.25, 0.3) is 0 Å². The van der Waals surface area contributed by atoms with Crippen molar-refractivity contribution in [3.8, 4) is 0 Å². The van der Waals surface area contributed by atoms with Crippen LogP contribution >= 0.6 is 0 Å². The predicted molar refractivity (Wildman–Crippen MR) is 102 cm³/mol. The van der Waals surface area contributed by atoms with E-state index in [4.69, 9.17) is 4.74 Å². The minimum Gasteiger partial charge on any atom is -0.383 e. The number of nitrogens with one attached hydrogen (secondary N) is 2. The number of hydrogen-bond acceptors (Lipinski definition) is 4. The molecule has 0 saturated carbocycles. The third-order valence-corrected chi connectivity index (χ3v) is 4.66. The topological polar surface area (TPSA) is 85.2 Å². The molecule has 1 aromatic heterocycles. The van der Waals surface area contributed by atoms with Gasteiger partial charge in [0.25, 0.3) is 11.8 Å². The molecule has 1 aliphatic heterocycles. The van der Waals surface area contributed by atoms with Crippen LogP contribution < -0.4 is 10.6 Å². The summed E-state index contributed by atoms with van der Waals surface area (Å²) in [6.07, 6.45) is 2.73. The van der Waals surface area contributed by atoms with Gasteiger partial charge in [0.05, 0.1) is 12.3 Å². The number of rotatable bonds is 7. The Bertz CT molecular complexity index is 829. The first-order valence-electron chi connectivity index (χ1n) is 9.30. The van der Waals surface area contributed by atoms with Crippen LogP contribution in [0.5, 0.6) is 0 Å². The molecule has 1 aromatic carbocycles. The first kappa shape index (κ1) is 19.1. The Morgan fingerprint density at radius 2 is 2.07 bits per heavy atom. The van der Waals surface area contributed by atoms with Gasteiger partial charge < -0.3 is 19.9 Å². The molecule has 27 heavy (non-hydrogen) atoms. The third kappa shape index (κ3) is 4.54. The molecule has 0 saturated heterocycles. The van der Waals surface area contributed by atoms with Gasteiger partial charge in [-0.05, 0) is 31.7 Å². The maximum atomic E-state index is 12.7. The molecule has 0 aliphatic carbocycles. The summed E-state index contributed by atoms with van der Waals surface area (Å²) < 4.78 is 6.85. The van der Waals surface area contributed by atoms with Crippen LogP contribution in [0.4, 0.5) is 0 Å². The zero-order chi connectivity index (χ0) is 19.2. The van der Waals surface area contributed by atoms with Crippen LogP contribution in [0, 0.1) is 6.92 Å². The molecule has 0 fully saturated rings. The normalized spacial score (nSPS) is 13.1. The number of aromatic nitrogens is 2. The molecule has 0 spiro atoms. The largest absolute Gasteiger partial charge is 0.383 e. The summed E-state index contributed by atoms with van der Waals surface area (Å²) in [6.45, 7) is 4.01. The lowest BCUT2D eigenvalue weighted by Crippen LogP contribution is -2.28. The number of imidazole rings is 1. The molecular formula is C20H26N4O3. The van der Waals surface area contributed by atoms with E-state index in [0.29, 0.717) is 37.8 Å². The standard InChI is InChI=1S/C20H26N4O3/c1-14-6-5-7-15(12-14)13-22-20(26)18-23-17(19(25)21-9-11-27-2)16-8-3-4-10-24(16)18/h5-7,12H,3-4,8-11,13H2,1-2H3,(H,21,25)(H,22,26). The number of hydrogen-bond donors (Lipinski definition) is 2. The molecule has 0 atom stereocenters. The second-order valence-corrected chi connectivity index (χ2v) is 6.76. The van der Waals surface area contributed by atoms with E-state index >= 15 is 0 Å². The molecule has 7 heteroatoms. The van der Waals surface area contributed by atoms with E-state index in [1.165, 1.54) is 0 Å². The average molecular weight is 370 g/mol. The first-order chi connectivity index (χ1) is 13.1. The molecule has 2 heterocycles. The zero-order valence-electron chi connectivity index (χ0n) is 15.9. The van der Waals surface area contributed by atoms with E-state index in [1.807, 2.05) is 35.8 Å². The fourth-order valence-electron chi connectivity index (χ4n) is 3.33. The maximum Gasteiger partial charge on any atom is 0.287 e. The summed E-state index contributed by atoms with van der Waals surface area (Å²) in [4.78, 5) is 29.6. The number of ether oxygens (including phenoxy) is 1. The monoisotopic (exact) mass is 370 g/mol. The Labute approximate surface area is 159 Å². The second kappa shape index (κ2) is 8.81. The molecule has 1 aliphatic rings. The Kier molecular flexibility index (Phi) is 6.24. The number of aryl methyl sites for hydroxylation is 1. The van der Waals surface area contributed by atoms with Gasteiger partial charge in [-0.25, -0.2) is 4.98 Å². The summed E-state index contributed by atoms with van der Waals surface area (Å²) in [6, 6.07) is 8.00. The molecule has 2 aromatic rings. The van der Waals surface area contributed by atoms with Crippen molar-refractivity contribution in [3.05, 3.63) is 52.6 Å². The molecule has 0 radical (unpaired) electrons. The highest BCUT2D eigenvalue weighted by Crippen LogP contribution is 2.21. The van der Waals surface area contributed by atoms with Gasteiger partial charge in [0.1, 0.15) is 5.69 Å². The van der Waals surface area contributed by atoms with E-state index in [9.17, 15) is 9.59 Å². The highest BCUT2D eigenvalue weighted by molar-refractivity contribution is 5.97. The van der Waals surface area contributed by atoms with Gasteiger partial charge in [-0.3, -0.25) is 9.59 Å². The van der Waals surface area contributed by atoms with Crippen LogP contribution in [0.2, 0.25) is 0 Å². The van der Waals surface area contributed by atoms with Crippen molar-refractivity contribution >= 4 is 11.8 Å². The molecular weight excluding hydrogens is 344 g/mol. The van der Waals surface area contributed by atoms with Crippen LogP contribution in [0.15, 0.2) is 24.3 Å². The van der Waals surface area contributed by atoms with E-state index in [1.54, 1.807) is 7.11 Å². The SMILES string of the molecule is COCCNC(=O)c1nc(C(=O)NCc2cccc(C)c2)n2c1CCCC2. The highest BCUT2D eigenvalue weighted by atomic mass is 16.5. The summed E-state index contributed by atoms with van der Waals surface area (Å²) >= 11 is 0. The van der Waals surface area contributed by atoms with Crippen LogP contribution in [0.3, 0.4) is 0 Å².